The Labute approximate surface area is 371 Å². The Morgan fingerprint density at radius 1 is 0.446 bits per heavy atom. The van der Waals surface area contributed by atoms with E-state index in [1.807, 2.05) is 24.3 Å². The molecule has 0 saturated heterocycles. The molecular formula is C45H32N4O12S4. The minimum atomic E-state index is -4.68. The number of nitrogens with one attached hydrogen (secondary N) is 1. The average molecular weight is 949 g/mol. The molecule has 328 valence electrons. The fourth-order valence-corrected chi connectivity index (χ4v) is 9.76. The van der Waals surface area contributed by atoms with Crippen molar-refractivity contribution in [1.82, 2.24) is 19.5 Å². The molecule has 0 atom stereocenters. The first-order chi connectivity index (χ1) is 30.6. The lowest BCUT2D eigenvalue weighted by molar-refractivity contribution is 0.481. The standard InChI is InChI=1S/C45H32N4O12S4/c1-49-40-25-33-13-12-31(47-33)22-30-10-11-32(46-30)23-34-24-39(26-2-14-35(15-3-26)62(50,51)52)44(48-34)43(29-8-20-38(21-9-29)65(59,60)61)45(49)42(28-6-18-37(19-7-28)64(56,57)58)41(40)27-4-16-36(17-5-27)63(53,54)55/h2-25,46H,1H3,(H,50,51,52)(H,53,54,55)(H,56,57,58)(H,59,60,61). The average Bonchev–Trinajstić information content (AvgIpc) is 4.05. The van der Waals surface area contributed by atoms with Crippen molar-refractivity contribution in [3.05, 3.63) is 156 Å². The van der Waals surface area contributed by atoms with Gasteiger partial charge in [-0.25, -0.2) is 9.97 Å². The van der Waals surface area contributed by atoms with Crippen LogP contribution in [0.3, 0.4) is 0 Å². The van der Waals surface area contributed by atoms with Crippen molar-refractivity contribution >= 4 is 86.3 Å². The van der Waals surface area contributed by atoms with E-state index in [9.17, 15) is 51.9 Å². The third-order valence-corrected chi connectivity index (χ3v) is 14.3. The lowest BCUT2D eigenvalue weighted by atomic mass is 9.91. The summed E-state index contributed by atoms with van der Waals surface area (Å²) in [7, 11) is -16.8. The summed E-state index contributed by atoms with van der Waals surface area (Å²) in [4.78, 5) is 11.8. The Balaban J connectivity index is 1.54. The van der Waals surface area contributed by atoms with Gasteiger partial charge in [-0.05, 0) is 119 Å². The molecule has 0 saturated carbocycles. The zero-order valence-electron chi connectivity index (χ0n) is 33.4. The molecule has 0 fully saturated rings. The molecule has 4 aromatic carbocycles. The summed E-state index contributed by atoms with van der Waals surface area (Å²) in [5.41, 5.74) is 7.17. The van der Waals surface area contributed by atoms with Gasteiger partial charge in [0.15, 0.2) is 0 Å². The second kappa shape index (κ2) is 15.7. The molecule has 9 rings (SSSR count). The maximum atomic E-state index is 12.3. The van der Waals surface area contributed by atoms with Crippen LogP contribution in [0.1, 0.15) is 28.3 Å². The molecule has 0 spiro atoms. The van der Waals surface area contributed by atoms with Crippen molar-refractivity contribution in [3.8, 4) is 33.4 Å². The largest absolute Gasteiger partial charge is 0.355 e. The molecular weight excluding hydrogens is 917 g/mol. The highest BCUT2D eigenvalue weighted by atomic mass is 32.2. The van der Waals surface area contributed by atoms with Crippen LogP contribution in [0.4, 0.5) is 0 Å². The Morgan fingerprint density at radius 3 is 1.28 bits per heavy atom. The van der Waals surface area contributed by atoms with E-state index in [-0.39, 0.29) is 10.6 Å². The zero-order chi connectivity index (χ0) is 46.2. The van der Waals surface area contributed by atoms with Gasteiger partial charge in [0.25, 0.3) is 40.5 Å². The van der Waals surface area contributed by atoms with E-state index in [1.54, 1.807) is 35.9 Å². The molecule has 5 heterocycles. The van der Waals surface area contributed by atoms with Gasteiger partial charge in [-0.3, -0.25) is 18.2 Å². The Morgan fingerprint density at radius 2 is 0.831 bits per heavy atom. The Kier molecular flexibility index (Phi) is 10.5. The van der Waals surface area contributed by atoms with Crippen LogP contribution in [-0.2, 0) is 47.5 Å². The molecule has 20 heteroatoms. The lowest BCUT2D eigenvalue weighted by Crippen LogP contribution is -2.00. The molecule has 0 amide bonds. The number of aromatic nitrogens is 4. The second-order valence-corrected chi connectivity index (χ2v) is 20.6. The molecule has 3 aromatic heterocycles. The van der Waals surface area contributed by atoms with Crippen LogP contribution in [0.25, 0.3) is 79.2 Å². The summed E-state index contributed by atoms with van der Waals surface area (Å²) in [5.74, 6) is 0. The van der Waals surface area contributed by atoms with Gasteiger partial charge in [0.05, 0.1) is 53.4 Å². The predicted octanol–water partition coefficient (Wildman–Crippen LogP) is 8.07. The van der Waals surface area contributed by atoms with Crippen LogP contribution >= 0.6 is 0 Å². The minimum absolute atomic E-state index is 0.269. The molecule has 0 aliphatic carbocycles. The number of benzene rings is 4. The third-order valence-electron chi connectivity index (χ3n) is 10.8. The summed E-state index contributed by atoms with van der Waals surface area (Å²) in [6, 6.07) is 30.5. The van der Waals surface area contributed by atoms with Crippen LogP contribution in [0, 0.1) is 0 Å². The maximum absolute atomic E-state index is 12.3. The van der Waals surface area contributed by atoms with Crippen LogP contribution in [-0.4, -0.2) is 71.4 Å². The smallest absolute Gasteiger partial charge is 0.294 e. The molecule has 5 N–H and O–H groups in total. The first-order valence-corrected chi connectivity index (χ1v) is 24.8. The van der Waals surface area contributed by atoms with Crippen LogP contribution in [0.2, 0.25) is 0 Å². The molecule has 16 nitrogen and oxygen atoms in total. The van der Waals surface area contributed by atoms with Gasteiger partial charge in [0.2, 0.25) is 0 Å². The number of fused-ring (bicyclic) bond motifs is 8. The highest BCUT2D eigenvalue weighted by Gasteiger charge is 2.28. The third kappa shape index (κ3) is 8.47. The van der Waals surface area contributed by atoms with E-state index in [0.717, 1.165) is 0 Å². The lowest BCUT2D eigenvalue weighted by Gasteiger charge is -2.14. The molecule has 65 heavy (non-hydrogen) atoms. The number of rotatable bonds is 8. The number of H-pyrrole nitrogens is 1. The van der Waals surface area contributed by atoms with Gasteiger partial charge in [-0.15, -0.1) is 0 Å². The van der Waals surface area contributed by atoms with E-state index in [1.165, 1.54) is 97.1 Å². The summed E-state index contributed by atoms with van der Waals surface area (Å²) < 4.78 is 140. The van der Waals surface area contributed by atoms with E-state index in [2.05, 4.69) is 4.98 Å². The number of hydrogen-bond donors (Lipinski definition) is 5. The predicted molar refractivity (Wildman–Crippen MR) is 244 cm³/mol. The van der Waals surface area contributed by atoms with Crippen molar-refractivity contribution in [2.45, 2.75) is 19.6 Å². The molecule has 0 radical (unpaired) electrons. The number of nitrogens with zero attached hydrogens (tertiary/aromatic N) is 3. The van der Waals surface area contributed by atoms with Gasteiger partial charge in [-0.1, -0.05) is 48.5 Å². The second-order valence-electron chi connectivity index (χ2n) is 15.0. The number of aromatic amines is 1. The van der Waals surface area contributed by atoms with Gasteiger partial charge < -0.3 is 9.55 Å². The van der Waals surface area contributed by atoms with Crippen molar-refractivity contribution in [3.63, 3.8) is 0 Å². The van der Waals surface area contributed by atoms with Crippen LogP contribution in [0.5, 0.6) is 0 Å². The molecule has 2 aliphatic rings. The fourth-order valence-electron chi connectivity index (χ4n) is 7.84. The van der Waals surface area contributed by atoms with Crippen molar-refractivity contribution in [1.29, 1.82) is 0 Å². The van der Waals surface area contributed by atoms with E-state index < -0.39 is 55.2 Å². The maximum Gasteiger partial charge on any atom is 0.294 e. The summed E-state index contributed by atoms with van der Waals surface area (Å²) in [6.45, 7) is 0. The normalized spacial score (nSPS) is 13.2. The fraction of sp³-hybridized carbons (Fsp3) is 0.0222. The molecule has 0 unspecified atom stereocenters. The van der Waals surface area contributed by atoms with Crippen molar-refractivity contribution in [2.75, 3.05) is 0 Å². The zero-order valence-corrected chi connectivity index (χ0v) is 36.7. The summed E-state index contributed by atoms with van der Waals surface area (Å²) >= 11 is 0. The topological polar surface area (TPSA) is 264 Å². The highest BCUT2D eigenvalue weighted by Crippen LogP contribution is 2.47. The van der Waals surface area contributed by atoms with E-state index in [4.69, 9.17) is 9.97 Å². The molecule has 2 aliphatic heterocycles. The summed E-state index contributed by atoms with van der Waals surface area (Å²) in [6.07, 6.45) is 5.35. The first-order valence-electron chi connectivity index (χ1n) is 19.1. The van der Waals surface area contributed by atoms with Crippen molar-refractivity contribution in [2.24, 2.45) is 7.05 Å². The SMILES string of the molecule is Cn1c2cc3nc(cc4ccc(cc5nc(c(-c6ccc(S(=O)(=O)O)cc6)c1c(-c1ccc(S(=O)(=O)O)cc1)c2-c1ccc(S(=O)(=O)O)cc1)C(c1ccc(S(=O)(=O)O)cc1)=C5)[nH]4)C=C3. The Hall–Kier alpha value is -6.88. The molecule has 7 aromatic rings. The molecule has 8 bridgehead atoms. The van der Waals surface area contributed by atoms with Gasteiger partial charge in [0.1, 0.15) is 0 Å². The monoisotopic (exact) mass is 948 g/mol. The summed E-state index contributed by atoms with van der Waals surface area (Å²) in [5, 5.41) is 0. The van der Waals surface area contributed by atoms with Crippen LogP contribution in [0.15, 0.2) is 147 Å². The number of hydrogen-bond acceptors (Lipinski definition) is 10. The number of aryl methyl sites for hydroxylation is 1. The quantitative estimate of drug-likeness (QED) is 0.0902. The van der Waals surface area contributed by atoms with Gasteiger partial charge >= 0.3 is 0 Å². The minimum Gasteiger partial charge on any atom is -0.355 e. The van der Waals surface area contributed by atoms with E-state index >= 15 is 0 Å². The van der Waals surface area contributed by atoms with E-state index in [0.29, 0.717) is 83.7 Å². The highest BCUT2D eigenvalue weighted by molar-refractivity contribution is 7.86. The van der Waals surface area contributed by atoms with Gasteiger partial charge in [-0.2, -0.15) is 33.7 Å². The first kappa shape index (κ1) is 43.4. The Bertz CT molecular complexity index is 3840. The van der Waals surface area contributed by atoms with Gasteiger partial charge in [0, 0.05) is 40.3 Å². The van der Waals surface area contributed by atoms with Crippen LogP contribution < -0.4 is 0 Å². The van der Waals surface area contributed by atoms with Crippen molar-refractivity contribution < 1.29 is 51.9 Å².